The summed E-state index contributed by atoms with van der Waals surface area (Å²) < 4.78 is 16.1. The van der Waals surface area contributed by atoms with Crippen molar-refractivity contribution < 1.29 is 14.0 Å². The molecule has 0 aliphatic carbocycles. The van der Waals surface area contributed by atoms with E-state index >= 15 is 0 Å². The molecular formula is C17H14Cl2N2O3S. The van der Waals surface area contributed by atoms with E-state index in [1.165, 1.54) is 7.11 Å². The van der Waals surface area contributed by atoms with Gasteiger partial charge in [0.15, 0.2) is 11.5 Å². The van der Waals surface area contributed by atoms with E-state index in [9.17, 15) is 0 Å². The third-order valence-electron chi connectivity index (χ3n) is 3.24. The van der Waals surface area contributed by atoms with Crippen molar-refractivity contribution >= 4 is 45.6 Å². The molecule has 0 aliphatic rings. The van der Waals surface area contributed by atoms with Crippen molar-refractivity contribution in [3.63, 3.8) is 0 Å². The molecule has 2 aromatic heterocycles. The van der Waals surface area contributed by atoms with E-state index in [2.05, 4.69) is 10.1 Å². The van der Waals surface area contributed by atoms with Gasteiger partial charge in [0.25, 0.3) is 5.89 Å². The Hall–Kier alpha value is -2.02. The van der Waals surface area contributed by atoms with Crippen LogP contribution in [0.15, 0.2) is 33.5 Å². The number of thiophene rings is 1. The van der Waals surface area contributed by atoms with Gasteiger partial charge in [0.1, 0.15) is 5.03 Å². The lowest BCUT2D eigenvalue weighted by Gasteiger charge is -2.11. The summed E-state index contributed by atoms with van der Waals surface area (Å²) in [6.07, 6.45) is 1.68. The van der Waals surface area contributed by atoms with Crippen LogP contribution in [0.2, 0.25) is 5.02 Å². The molecule has 130 valence electrons. The first-order valence-electron chi connectivity index (χ1n) is 7.36. The first-order valence-corrected chi connectivity index (χ1v) is 9.06. The predicted octanol–water partition coefficient (Wildman–Crippen LogP) is 5.60. The van der Waals surface area contributed by atoms with E-state index in [0.29, 0.717) is 34.0 Å². The lowest BCUT2D eigenvalue weighted by atomic mass is 10.2. The highest BCUT2D eigenvalue weighted by Gasteiger charge is 2.14. The molecule has 0 unspecified atom stereocenters. The van der Waals surface area contributed by atoms with Crippen LogP contribution in [0.5, 0.6) is 11.5 Å². The predicted molar refractivity (Wildman–Crippen MR) is 101 cm³/mol. The fourth-order valence-corrected chi connectivity index (χ4v) is 3.30. The average Bonchev–Trinajstić information content (AvgIpc) is 3.26. The first kappa shape index (κ1) is 17.8. The Labute approximate surface area is 158 Å². The number of methoxy groups -OCH3 is 1. The molecule has 3 rings (SSSR count). The Morgan fingerprint density at radius 3 is 2.92 bits per heavy atom. The van der Waals surface area contributed by atoms with Crippen LogP contribution in [0, 0.1) is 0 Å². The van der Waals surface area contributed by atoms with Gasteiger partial charge in [0.05, 0.1) is 18.7 Å². The van der Waals surface area contributed by atoms with Crippen molar-refractivity contribution in [1.29, 1.82) is 0 Å². The molecule has 2 heterocycles. The number of benzene rings is 1. The van der Waals surface area contributed by atoms with Crippen molar-refractivity contribution in [3.05, 3.63) is 45.4 Å². The van der Waals surface area contributed by atoms with Crippen LogP contribution in [0.25, 0.3) is 22.5 Å². The van der Waals surface area contributed by atoms with Crippen molar-refractivity contribution in [3.8, 4) is 22.9 Å². The Morgan fingerprint density at radius 2 is 2.24 bits per heavy atom. The highest BCUT2D eigenvalue weighted by Crippen LogP contribution is 2.37. The quantitative estimate of drug-likeness (QED) is 0.542. The molecule has 0 saturated heterocycles. The first-order chi connectivity index (χ1) is 12.1. The molecule has 0 aliphatic heterocycles. The normalized spacial score (nSPS) is 11.6. The standard InChI is InChI=1S/C17H14Cl2N2O3S/c1-3-23-14-8-10(6-12(18)15(14)22-2)7-13(19)17-20-16(21-24-17)11-4-5-25-9-11/h4-9H,3H2,1-2H3/b13-7-. The highest BCUT2D eigenvalue weighted by molar-refractivity contribution is 7.08. The van der Waals surface area contributed by atoms with Gasteiger partial charge in [-0.25, -0.2) is 0 Å². The van der Waals surface area contributed by atoms with Crippen LogP contribution in [0.3, 0.4) is 0 Å². The maximum absolute atomic E-state index is 6.32. The molecule has 0 radical (unpaired) electrons. The number of halogens is 2. The van der Waals surface area contributed by atoms with Crippen LogP contribution in [0.1, 0.15) is 18.4 Å². The summed E-state index contributed by atoms with van der Waals surface area (Å²) in [6, 6.07) is 5.42. The summed E-state index contributed by atoms with van der Waals surface area (Å²) in [5.74, 6) is 1.74. The molecule has 0 bridgehead atoms. The lowest BCUT2D eigenvalue weighted by Crippen LogP contribution is -1.96. The van der Waals surface area contributed by atoms with Crippen LogP contribution < -0.4 is 9.47 Å². The van der Waals surface area contributed by atoms with Gasteiger partial charge in [-0.3, -0.25) is 0 Å². The zero-order valence-electron chi connectivity index (χ0n) is 13.5. The molecule has 0 fully saturated rings. The minimum absolute atomic E-state index is 0.229. The zero-order chi connectivity index (χ0) is 17.8. The van der Waals surface area contributed by atoms with Gasteiger partial charge < -0.3 is 14.0 Å². The molecule has 0 saturated carbocycles. The van der Waals surface area contributed by atoms with E-state index in [4.69, 9.17) is 37.2 Å². The van der Waals surface area contributed by atoms with E-state index in [1.54, 1.807) is 29.5 Å². The lowest BCUT2D eigenvalue weighted by molar-refractivity contribution is 0.311. The molecule has 5 nitrogen and oxygen atoms in total. The molecule has 8 heteroatoms. The van der Waals surface area contributed by atoms with E-state index in [1.807, 2.05) is 23.8 Å². The monoisotopic (exact) mass is 396 g/mol. The van der Waals surface area contributed by atoms with Crippen molar-refractivity contribution in [2.45, 2.75) is 6.92 Å². The van der Waals surface area contributed by atoms with Gasteiger partial charge in [0.2, 0.25) is 5.82 Å². The maximum Gasteiger partial charge on any atom is 0.269 e. The summed E-state index contributed by atoms with van der Waals surface area (Å²) in [5, 5.41) is 8.54. The second-order valence-electron chi connectivity index (χ2n) is 4.89. The zero-order valence-corrected chi connectivity index (χ0v) is 15.8. The summed E-state index contributed by atoms with van der Waals surface area (Å²) in [5.41, 5.74) is 1.62. The Kier molecular flexibility index (Phi) is 5.63. The third kappa shape index (κ3) is 3.98. The Bertz CT molecular complexity index is 891. The van der Waals surface area contributed by atoms with Gasteiger partial charge in [-0.15, -0.1) is 0 Å². The summed E-state index contributed by atoms with van der Waals surface area (Å²) in [7, 11) is 1.54. The second-order valence-corrected chi connectivity index (χ2v) is 6.49. The minimum atomic E-state index is 0.229. The largest absolute Gasteiger partial charge is 0.491 e. The third-order valence-corrected chi connectivity index (χ3v) is 4.47. The van der Waals surface area contributed by atoms with Gasteiger partial charge >= 0.3 is 0 Å². The molecule has 3 aromatic rings. The SMILES string of the molecule is CCOc1cc(/C=C(\Cl)c2nc(-c3ccsc3)no2)cc(Cl)c1OC. The van der Waals surface area contributed by atoms with Crippen molar-refractivity contribution in [2.75, 3.05) is 13.7 Å². The van der Waals surface area contributed by atoms with Crippen molar-refractivity contribution in [2.24, 2.45) is 0 Å². The van der Waals surface area contributed by atoms with Crippen molar-refractivity contribution in [1.82, 2.24) is 10.1 Å². The number of hydrogen-bond donors (Lipinski definition) is 0. The van der Waals surface area contributed by atoms with Crippen LogP contribution >= 0.6 is 34.5 Å². The van der Waals surface area contributed by atoms with E-state index in [0.717, 1.165) is 11.1 Å². The number of rotatable bonds is 6. The molecule has 25 heavy (non-hydrogen) atoms. The molecule has 0 amide bonds. The minimum Gasteiger partial charge on any atom is -0.491 e. The number of aromatic nitrogens is 2. The topological polar surface area (TPSA) is 57.4 Å². The van der Waals surface area contributed by atoms with Crippen LogP contribution in [-0.2, 0) is 0 Å². The molecule has 0 atom stereocenters. The number of hydrogen-bond acceptors (Lipinski definition) is 6. The van der Waals surface area contributed by atoms with Crippen LogP contribution in [-0.4, -0.2) is 23.9 Å². The Balaban J connectivity index is 1.92. The molecule has 0 spiro atoms. The fourth-order valence-electron chi connectivity index (χ4n) is 2.17. The van der Waals surface area contributed by atoms with Gasteiger partial charge in [-0.2, -0.15) is 16.3 Å². The summed E-state index contributed by atoms with van der Waals surface area (Å²) >= 11 is 14.1. The van der Waals surface area contributed by atoms with Gasteiger partial charge in [-0.05, 0) is 42.1 Å². The van der Waals surface area contributed by atoms with E-state index < -0.39 is 0 Å². The molecule has 0 N–H and O–H groups in total. The summed E-state index contributed by atoms with van der Waals surface area (Å²) in [4.78, 5) is 4.30. The van der Waals surface area contributed by atoms with E-state index in [-0.39, 0.29) is 5.89 Å². The maximum atomic E-state index is 6.32. The molecular weight excluding hydrogens is 383 g/mol. The number of ether oxygens (including phenoxy) is 2. The fraction of sp³-hybridized carbons (Fsp3) is 0.176. The van der Waals surface area contributed by atoms with Gasteiger partial charge in [-0.1, -0.05) is 28.4 Å². The smallest absolute Gasteiger partial charge is 0.269 e. The average molecular weight is 397 g/mol. The molecule has 1 aromatic carbocycles. The van der Waals surface area contributed by atoms with Crippen LogP contribution in [0.4, 0.5) is 0 Å². The number of nitrogens with zero attached hydrogens (tertiary/aromatic N) is 2. The van der Waals surface area contributed by atoms with Gasteiger partial charge in [0, 0.05) is 10.9 Å². The second kappa shape index (κ2) is 7.91. The summed E-state index contributed by atoms with van der Waals surface area (Å²) in [6.45, 7) is 2.37. The highest BCUT2D eigenvalue weighted by atomic mass is 35.5. The Morgan fingerprint density at radius 1 is 1.40 bits per heavy atom.